The van der Waals surface area contributed by atoms with E-state index < -0.39 is 35.3 Å². The summed E-state index contributed by atoms with van der Waals surface area (Å²) in [6.45, 7) is 1.75. The van der Waals surface area contributed by atoms with Gasteiger partial charge in [-0.25, -0.2) is 9.37 Å². The number of rotatable bonds is 7. The lowest BCUT2D eigenvalue weighted by Gasteiger charge is -2.29. The summed E-state index contributed by atoms with van der Waals surface area (Å²) in [5.74, 6) is -1.22. The molecule has 0 saturated heterocycles. The summed E-state index contributed by atoms with van der Waals surface area (Å²) in [6, 6.07) is 0.159. The third-order valence-corrected chi connectivity index (χ3v) is 5.82. The van der Waals surface area contributed by atoms with Gasteiger partial charge in [0, 0.05) is 25.3 Å². The molecule has 0 aliphatic carbocycles. The number of alkyl halides is 6. The Bertz CT molecular complexity index is 1290. The van der Waals surface area contributed by atoms with Crippen LogP contribution in [0.25, 0.3) is 11.0 Å². The third kappa shape index (κ3) is 5.76. The summed E-state index contributed by atoms with van der Waals surface area (Å²) in [5.41, 5.74) is -2.14. The van der Waals surface area contributed by atoms with Crippen molar-refractivity contribution in [3.63, 3.8) is 0 Å². The first-order valence-corrected chi connectivity index (χ1v) is 11.1. The van der Waals surface area contributed by atoms with Crippen LogP contribution < -0.4 is 5.32 Å². The number of nitrogens with one attached hydrogen (secondary N) is 1. The van der Waals surface area contributed by atoms with Gasteiger partial charge in [-0.2, -0.15) is 36.5 Å². The Morgan fingerprint density at radius 2 is 1.84 bits per heavy atom. The van der Waals surface area contributed by atoms with Crippen LogP contribution in [0.15, 0.2) is 24.7 Å². The summed E-state index contributed by atoms with van der Waals surface area (Å²) in [6.07, 6.45) is -7.13. The van der Waals surface area contributed by atoms with Gasteiger partial charge in [0.1, 0.15) is 11.2 Å². The second-order valence-electron chi connectivity index (χ2n) is 8.51. The molecule has 1 aliphatic rings. The molecule has 0 saturated carbocycles. The van der Waals surface area contributed by atoms with Crippen molar-refractivity contribution in [2.45, 2.75) is 44.8 Å². The van der Waals surface area contributed by atoms with Crippen LogP contribution in [0.5, 0.6) is 0 Å². The van der Waals surface area contributed by atoms with Gasteiger partial charge >= 0.3 is 12.4 Å². The lowest BCUT2D eigenvalue weighted by Crippen LogP contribution is -2.39. The predicted molar refractivity (Wildman–Crippen MR) is 116 cm³/mol. The molecule has 1 aliphatic heterocycles. The largest absolute Gasteiger partial charge is 0.420 e. The number of nitrogens with zero attached hydrogens (tertiary/aromatic N) is 5. The van der Waals surface area contributed by atoms with Gasteiger partial charge in [0.25, 0.3) is 0 Å². The van der Waals surface area contributed by atoms with Crippen molar-refractivity contribution in [3.05, 3.63) is 47.3 Å². The molecular formula is C22H21F7N6O2. The Balaban J connectivity index is 1.31. The monoisotopic (exact) mass is 534 g/mol. The summed E-state index contributed by atoms with van der Waals surface area (Å²) < 4.78 is 99.9. The second kappa shape index (κ2) is 10.1. The van der Waals surface area contributed by atoms with E-state index in [0.717, 1.165) is 6.20 Å². The Labute approximate surface area is 205 Å². The normalized spacial score (nSPS) is 15.1. The Hall–Kier alpha value is -3.49. The quantitative estimate of drug-likeness (QED) is 0.361. The maximum absolute atomic E-state index is 14.9. The van der Waals surface area contributed by atoms with Gasteiger partial charge in [-0.15, -0.1) is 0 Å². The van der Waals surface area contributed by atoms with Crippen molar-refractivity contribution >= 4 is 22.6 Å². The first-order chi connectivity index (χ1) is 17.4. The van der Waals surface area contributed by atoms with Crippen LogP contribution in [0.4, 0.5) is 36.4 Å². The molecule has 1 N–H and O–H groups in total. The van der Waals surface area contributed by atoms with E-state index in [1.54, 1.807) is 6.92 Å². The molecule has 3 aromatic heterocycles. The van der Waals surface area contributed by atoms with Gasteiger partial charge in [-0.3, -0.25) is 4.79 Å². The summed E-state index contributed by atoms with van der Waals surface area (Å²) in [7, 11) is 0. The molecule has 1 atom stereocenters. The SMILES string of the molecule is C[C@@H](COCCC(=O)N1CCn2c(c(F)c3cc(C(F)(F)F)cnc32)C1)Nc1cnncc1C(F)(F)F. The fourth-order valence-electron chi connectivity index (χ4n) is 4.03. The molecule has 0 aromatic carbocycles. The molecule has 0 bridgehead atoms. The molecule has 4 heterocycles. The van der Waals surface area contributed by atoms with E-state index in [0.29, 0.717) is 18.5 Å². The van der Waals surface area contributed by atoms with Gasteiger partial charge in [0.2, 0.25) is 5.91 Å². The number of amides is 1. The van der Waals surface area contributed by atoms with Gasteiger partial charge in [-0.05, 0) is 13.0 Å². The number of fused-ring (bicyclic) bond motifs is 3. The highest BCUT2D eigenvalue weighted by Crippen LogP contribution is 2.35. The topological polar surface area (TPSA) is 85.2 Å². The zero-order valence-corrected chi connectivity index (χ0v) is 19.3. The highest BCUT2D eigenvalue weighted by molar-refractivity contribution is 5.81. The number of carbonyl (C=O) groups excluding carboxylic acids is 1. The standard InChI is InChI=1S/C22H21F7N6O2/c1-12(33-16-9-32-31-8-15(16)22(27,28)29)11-37-5-2-18(36)34-3-4-35-17(10-34)19(23)14-6-13(21(24,25)26)7-30-20(14)35/h6-9,12H,2-5,10-11H2,1H3,(H,31,33)/t12-/m0/s1. The maximum Gasteiger partial charge on any atom is 0.420 e. The smallest absolute Gasteiger partial charge is 0.379 e. The number of hydrogen-bond donors (Lipinski definition) is 1. The minimum atomic E-state index is -4.67. The van der Waals surface area contributed by atoms with Crippen molar-refractivity contribution in [2.24, 2.45) is 0 Å². The van der Waals surface area contributed by atoms with Crippen molar-refractivity contribution in [2.75, 3.05) is 25.1 Å². The zero-order valence-electron chi connectivity index (χ0n) is 19.3. The molecule has 37 heavy (non-hydrogen) atoms. The average molecular weight is 534 g/mol. The molecule has 3 aromatic rings. The molecule has 0 fully saturated rings. The molecule has 4 rings (SSSR count). The first-order valence-electron chi connectivity index (χ1n) is 11.1. The molecule has 200 valence electrons. The van der Waals surface area contributed by atoms with E-state index in [1.165, 1.54) is 9.47 Å². The molecule has 15 heteroatoms. The van der Waals surface area contributed by atoms with E-state index in [2.05, 4.69) is 20.5 Å². The van der Waals surface area contributed by atoms with Crippen LogP contribution in [0, 0.1) is 5.82 Å². The van der Waals surface area contributed by atoms with Crippen LogP contribution in [-0.2, 0) is 35.0 Å². The van der Waals surface area contributed by atoms with Crippen LogP contribution in [0.2, 0.25) is 0 Å². The van der Waals surface area contributed by atoms with E-state index >= 15 is 0 Å². The Morgan fingerprint density at radius 1 is 1.11 bits per heavy atom. The number of carbonyl (C=O) groups is 1. The lowest BCUT2D eigenvalue weighted by atomic mass is 10.2. The van der Waals surface area contributed by atoms with E-state index in [-0.39, 0.29) is 67.6 Å². The molecular weight excluding hydrogens is 513 g/mol. The second-order valence-corrected chi connectivity index (χ2v) is 8.51. The molecule has 0 unspecified atom stereocenters. The van der Waals surface area contributed by atoms with Crippen LogP contribution in [0.1, 0.15) is 30.2 Å². The van der Waals surface area contributed by atoms with E-state index in [4.69, 9.17) is 4.74 Å². The summed E-state index contributed by atoms with van der Waals surface area (Å²) >= 11 is 0. The first kappa shape index (κ1) is 26.6. The number of halogens is 7. The average Bonchev–Trinajstić information content (AvgIpc) is 3.12. The van der Waals surface area contributed by atoms with Crippen molar-refractivity contribution in [1.82, 2.24) is 24.6 Å². The van der Waals surface area contributed by atoms with Gasteiger partial charge in [0.05, 0.1) is 60.9 Å². The molecule has 8 nitrogen and oxygen atoms in total. The van der Waals surface area contributed by atoms with Crippen LogP contribution >= 0.6 is 0 Å². The minimum Gasteiger partial charge on any atom is -0.379 e. The Kier molecular flexibility index (Phi) is 7.26. The number of anilines is 1. The fraction of sp³-hybridized carbons (Fsp3) is 0.455. The zero-order chi connectivity index (χ0) is 27.0. The maximum atomic E-state index is 14.9. The number of hydrogen-bond acceptors (Lipinski definition) is 6. The van der Waals surface area contributed by atoms with Crippen molar-refractivity contribution in [1.29, 1.82) is 0 Å². The number of ether oxygens (including phenoxy) is 1. The van der Waals surface area contributed by atoms with Crippen molar-refractivity contribution < 1.29 is 40.3 Å². The molecule has 0 spiro atoms. The highest BCUT2D eigenvalue weighted by Gasteiger charge is 2.35. The highest BCUT2D eigenvalue weighted by atomic mass is 19.4. The van der Waals surface area contributed by atoms with Gasteiger partial charge < -0.3 is 19.5 Å². The van der Waals surface area contributed by atoms with Crippen molar-refractivity contribution in [3.8, 4) is 0 Å². The molecule has 0 radical (unpaired) electrons. The van der Waals surface area contributed by atoms with Gasteiger partial charge in [-0.1, -0.05) is 0 Å². The van der Waals surface area contributed by atoms with E-state index in [9.17, 15) is 35.5 Å². The predicted octanol–water partition coefficient (Wildman–Crippen LogP) is 4.25. The number of aromatic nitrogens is 4. The van der Waals surface area contributed by atoms with Crippen LogP contribution in [-0.4, -0.2) is 56.4 Å². The van der Waals surface area contributed by atoms with Gasteiger partial charge in [0.15, 0.2) is 5.82 Å². The minimum absolute atomic E-state index is 0.0109. The number of pyridine rings is 1. The lowest BCUT2D eigenvalue weighted by molar-refractivity contribution is -0.138. The fourth-order valence-corrected chi connectivity index (χ4v) is 4.03. The third-order valence-electron chi connectivity index (χ3n) is 5.82. The van der Waals surface area contributed by atoms with Crippen LogP contribution in [0.3, 0.4) is 0 Å². The van der Waals surface area contributed by atoms with E-state index in [1.807, 2.05) is 0 Å². The summed E-state index contributed by atoms with van der Waals surface area (Å²) in [4.78, 5) is 17.8. The Morgan fingerprint density at radius 3 is 2.54 bits per heavy atom. The summed E-state index contributed by atoms with van der Waals surface area (Å²) in [5, 5.41) is 9.08. The molecule has 1 amide bonds.